The van der Waals surface area contributed by atoms with E-state index in [2.05, 4.69) is 5.32 Å². The zero-order valence-electron chi connectivity index (χ0n) is 7.34. The average molecular weight is 158 g/mol. The van der Waals surface area contributed by atoms with Crippen molar-refractivity contribution in [3.05, 3.63) is 0 Å². The summed E-state index contributed by atoms with van der Waals surface area (Å²) in [6.45, 7) is 2.99. The fraction of sp³-hybridized carbons (Fsp3) is 1.00. The van der Waals surface area contributed by atoms with Crippen LogP contribution in [0.3, 0.4) is 0 Å². The summed E-state index contributed by atoms with van der Waals surface area (Å²) in [5.41, 5.74) is 5.79. The van der Waals surface area contributed by atoms with Crippen molar-refractivity contribution in [2.45, 2.75) is 38.0 Å². The van der Waals surface area contributed by atoms with Crippen molar-refractivity contribution < 1.29 is 4.74 Å². The van der Waals surface area contributed by atoms with Gasteiger partial charge in [0, 0.05) is 12.6 Å². The number of nitrogens with two attached hydrogens (primary N) is 1. The normalized spacial score (nSPS) is 39.0. The van der Waals surface area contributed by atoms with Crippen molar-refractivity contribution in [3.8, 4) is 0 Å². The molecule has 3 unspecified atom stereocenters. The molecule has 3 N–H and O–H groups in total. The molecule has 0 aromatic rings. The maximum Gasteiger partial charge on any atom is 0.0704 e. The number of likely N-dealkylation sites (N-methyl/N-ethyl adjacent to an activating group) is 1. The van der Waals surface area contributed by atoms with E-state index in [0.717, 1.165) is 19.4 Å². The van der Waals surface area contributed by atoms with Crippen LogP contribution in [0.2, 0.25) is 0 Å². The molecule has 0 amide bonds. The van der Waals surface area contributed by atoms with Crippen LogP contribution in [0.1, 0.15) is 19.8 Å². The molecule has 0 aliphatic carbocycles. The minimum absolute atomic E-state index is 0.224. The number of hydrogen-bond acceptors (Lipinski definition) is 3. The molecule has 0 spiro atoms. The molecule has 1 saturated heterocycles. The van der Waals surface area contributed by atoms with Gasteiger partial charge in [0.05, 0.1) is 12.2 Å². The lowest BCUT2D eigenvalue weighted by Gasteiger charge is -2.32. The highest BCUT2D eigenvalue weighted by Gasteiger charge is 2.24. The molecule has 1 heterocycles. The third-order valence-electron chi connectivity index (χ3n) is 2.26. The Morgan fingerprint density at radius 2 is 2.27 bits per heavy atom. The van der Waals surface area contributed by atoms with Crippen molar-refractivity contribution >= 4 is 0 Å². The van der Waals surface area contributed by atoms with E-state index in [9.17, 15) is 0 Å². The summed E-state index contributed by atoms with van der Waals surface area (Å²) >= 11 is 0. The van der Waals surface area contributed by atoms with Crippen LogP contribution >= 0.6 is 0 Å². The second-order valence-electron chi connectivity index (χ2n) is 3.26. The zero-order chi connectivity index (χ0) is 8.27. The summed E-state index contributed by atoms with van der Waals surface area (Å²) in [5.74, 6) is 0. The molecule has 0 radical (unpaired) electrons. The second kappa shape index (κ2) is 4.04. The van der Waals surface area contributed by atoms with E-state index in [1.807, 2.05) is 14.0 Å². The minimum Gasteiger partial charge on any atom is -0.372 e. The van der Waals surface area contributed by atoms with E-state index in [1.165, 1.54) is 0 Å². The number of hydrogen-bond donors (Lipinski definition) is 2. The fourth-order valence-electron chi connectivity index (χ4n) is 1.46. The zero-order valence-corrected chi connectivity index (χ0v) is 7.34. The lowest BCUT2D eigenvalue weighted by Crippen LogP contribution is -2.45. The van der Waals surface area contributed by atoms with Gasteiger partial charge < -0.3 is 15.8 Å². The van der Waals surface area contributed by atoms with Gasteiger partial charge in [-0.15, -0.1) is 0 Å². The fourth-order valence-corrected chi connectivity index (χ4v) is 1.46. The number of ether oxygens (including phenoxy) is 1. The minimum atomic E-state index is 0.224. The summed E-state index contributed by atoms with van der Waals surface area (Å²) in [7, 11) is 1.95. The smallest absolute Gasteiger partial charge is 0.0704 e. The largest absolute Gasteiger partial charge is 0.372 e. The van der Waals surface area contributed by atoms with Crippen molar-refractivity contribution in [2.75, 3.05) is 13.6 Å². The first-order valence-electron chi connectivity index (χ1n) is 4.29. The Bertz CT molecular complexity index is 119. The molecular weight excluding hydrogens is 140 g/mol. The molecule has 0 aromatic heterocycles. The quantitative estimate of drug-likeness (QED) is 0.599. The van der Waals surface area contributed by atoms with Gasteiger partial charge in [0.2, 0.25) is 0 Å². The Morgan fingerprint density at radius 1 is 1.55 bits per heavy atom. The van der Waals surface area contributed by atoms with Crippen LogP contribution in [0.4, 0.5) is 0 Å². The SMILES string of the molecule is CNCC1CCC(N)C(C)O1. The average Bonchev–Trinajstić information content (AvgIpc) is 1.98. The molecule has 0 saturated carbocycles. The van der Waals surface area contributed by atoms with Crippen LogP contribution in [-0.2, 0) is 4.74 Å². The van der Waals surface area contributed by atoms with Crippen molar-refractivity contribution in [1.29, 1.82) is 0 Å². The lowest BCUT2D eigenvalue weighted by atomic mass is 10.0. The van der Waals surface area contributed by atoms with E-state index in [1.54, 1.807) is 0 Å². The predicted molar refractivity (Wildman–Crippen MR) is 45.5 cm³/mol. The van der Waals surface area contributed by atoms with Gasteiger partial charge in [0.15, 0.2) is 0 Å². The predicted octanol–water partition coefficient (Wildman–Crippen LogP) is 0.101. The lowest BCUT2D eigenvalue weighted by molar-refractivity contribution is -0.0485. The first-order chi connectivity index (χ1) is 5.24. The van der Waals surface area contributed by atoms with Gasteiger partial charge >= 0.3 is 0 Å². The van der Waals surface area contributed by atoms with E-state index >= 15 is 0 Å². The van der Waals surface area contributed by atoms with Gasteiger partial charge in [0.25, 0.3) is 0 Å². The Labute approximate surface area is 68.3 Å². The molecule has 1 aliphatic heterocycles. The second-order valence-corrected chi connectivity index (χ2v) is 3.26. The topological polar surface area (TPSA) is 47.3 Å². The summed E-state index contributed by atoms with van der Waals surface area (Å²) in [5, 5.41) is 3.11. The summed E-state index contributed by atoms with van der Waals surface area (Å²) in [6, 6.07) is 0.239. The standard InChI is InChI=1S/C8H18N2O/c1-6-8(9)4-3-7(11-6)5-10-2/h6-8,10H,3-5,9H2,1-2H3. The van der Waals surface area contributed by atoms with E-state index in [4.69, 9.17) is 10.5 Å². The molecule has 1 aliphatic rings. The third-order valence-corrected chi connectivity index (χ3v) is 2.26. The van der Waals surface area contributed by atoms with Crippen LogP contribution < -0.4 is 11.1 Å². The molecule has 11 heavy (non-hydrogen) atoms. The summed E-state index contributed by atoms with van der Waals surface area (Å²) in [6.07, 6.45) is 2.77. The number of rotatable bonds is 2. The van der Waals surface area contributed by atoms with Gasteiger partial charge in [-0.05, 0) is 26.8 Å². The summed E-state index contributed by atoms with van der Waals surface area (Å²) < 4.78 is 5.65. The van der Waals surface area contributed by atoms with E-state index in [-0.39, 0.29) is 12.1 Å². The van der Waals surface area contributed by atoms with Crippen LogP contribution in [0.5, 0.6) is 0 Å². The van der Waals surface area contributed by atoms with E-state index < -0.39 is 0 Å². The maximum absolute atomic E-state index is 5.79. The highest BCUT2D eigenvalue weighted by molar-refractivity contribution is 4.79. The van der Waals surface area contributed by atoms with Gasteiger partial charge in [-0.3, -0.25) is 0 Å². The molecule has 3 atom stereocenters. The molecular formula is C8H18N2O. The molecule has 66 valence electrons. The molecule has 0 aromatic carbocycles. The Kier molecular flexibility index (Phi) is 3.30. The Balaban J connectivity index is 2.28. The van der Waals surface area contributed by atoms with Gasteiger partial charge in [-0.25, -0.2) is 0 Å². The van der Waals surface area contributed by atoms with Gasteiger partial charge in [-0.2, -0.15) is 0 Å². The summed E-state index contributed by atoms with van der Waals surface area (Å²) in [4.78, 5) is 0. The van der Waals surface area contributed by atoms with Crippen molar-refractivity contribution in [3.63, 3.8) is 0 Å². The Hall–Kier alpha value is -0.120. The van der Waals surface area contributed by atoms with Crippen molar-refractivity contribution in [2.24, 2.45) is 5.73 Å². The maximum atomic E-state index is 5.79. The third kappa shape index (κ3) is 2.43. The molecule has 3 heteroatoms. The van der Waals surface area contributed by atoms with E-state index in [0.29, 0.717) is 6.10 Å². The van der Waals surface area contributed by atoms with Crippen LogP contribution in [0, 0.1) is 0 Å². The molecule has 3 nitrogen and oxygen atoms in total. The van der Waals surface area contributed by atoms with Crippen molar-refractivity contribution in [1.82, 2.24) is 5.32 Å². The first kappa shape index (κ1) is 8.97. The van der Waals surface area contributed by atoms with Crippen LogP contribution in [-0.4, -0.2) is 31.8 Å². The van der Waals surface area contributed by atoms with Crippen LogP contribution in [0.25, 0.3) is 0 Å². The monoisotopic (exact) mass is 158 g/mol. The highest BCUT2D eigenvalue weighted by atomic mass is 16.5. The van der Waals surface area contributed by atoms with Gasteiger partial charge in [0.1, 0.15) is 0 Å². The highest BCUT2D eigenvalue weighted by Crippen LogP contribution is 2.16. The molecule has 0 bridgehead atoms. The Morgan fingerprint density at radius 3 is 2.82 bits per heavy atom. The molecule has 1 rings (SSSR count). The molecule has 1 fully saturated rings. The number of nitrogens with one attached hydrogen (secondary N) is 1. The van der Waals surface area contributed by atoms with Gasteiger partial charge in [-0.1, -0.05) is 0 Å². The first-order valence-corrected chi connectivity index (χ1v) is 4.29. The van der Waals surface area contributed by atoms with Crippen LogP contribution in [0.15, 0.2) is 0 Å².